The number of para-hydroxylation sites is 1. The van der Waals surface area contributed by atoms with Gasteiger partial charge in [-0.05, 0) is 0 Å². The van der Waals surface area contributed by atoms with Crippen LogP contribution in [-0.4, -0.2) is 32.5 Å². The van der Waals surface area contributed by atoms with E-state index in [9.17, 15) is 4.79 Å². The maximum atomic E-state index is 12.2. The first-order valence-corrected chi connectivity index (χ1v) is 7.88. The molecule has 1 aromatic heterocycles. The summed E-state index contributed by atoms with van der Waals surface area (Å²) in [6.07, 6.45) is 2.91. The predicted octanol–water partition coefficient (Wildman–Crippen LogP) is 1.21. The summed E-state index contributed by atoms with van der Waals surface area (Å²) in [5.74, 6) is 0. The Kier molecular flexibility index (Phi) is 3.44. The first-order chi connectivity index (χ1) is 9.34. The Morgan fingerprint density at radius 1 is 1.42 bits per heavy atom. The Hall–Kier alpha value is -1.91. The minimum absolute atomic E-state index is 0.0775. The third-order valence-electron chi connectivity index (χ3n) is 2.66. The fourth-order valence-corrected chi connectivity index (χ4v) is 3.16. The Labute approximate surface area is 115 Å². The van der Waals surface area contributed by atoms with E-state index in [1.165, 1.54) is 12.5 Å². The van der Waals surface area contributed by atoms with E-state index in [0.29, 0.717) is 31.5 Å². The molecule has 1 aromatic carbocycles. The van der Waals surface area contributed by atoms with Crippen LogP contribution >= 0.6 is 0 Å². The average molecular weight is 320 g/mol. The number of hydrogen-bond acceptors (Lipinski definition) is 5. The first kappa shape index (κ1) is 12.1. The molecule has 5 nitrogen and oxygen atoms in total. The molecular weight excluding hydrogens is 309 g/mol. The van der Waals surface area contributed by atoms with Crippen molar-refractivity contribution in [1.29, 1.82) is 0 Å². The van der Waals surface area contributed by atoms with Crippen LogP contribution in [-0.2, 0) is 0 Å². The number of benzene rings is 1. The topological polar surface area (TPSA) is 67.0 Å². The molecule has 2 aromatic rings. The average Bonchev–Trinajstić information content (AvgIpc) is 2.95. The van der Waals surface area contributed by atoms with E-state index in [1.807, 2.05) is 12.1 Å². The van der Waals surface area contributed by atoms with E-state index in [2.05, 4.69) is 15.5 Å². The summed E-state index contributed by atoms with van der Waals surface area (Å²) < 4.78 is 6.33. The molecule has 1 aliphatic rings. The van der Waals surface area contributed by atoms with E-state index in [4.69, 9.17) is 4.42 Å². The second-order valence-corrected chi connectivity index (χ2v) is 6.20. The van der Waals surface area contributed by atoms with Crippen LogP contribution < -0.4 is 10.9 Å². The summed E-state index contributed by atoms with van der Waals surface area (Å²) >= 11 is 0.380. The number of amidine groups is 1. The molecule has 0 bridgehead atoms. The zero-order chi connectivity index (χ0) is 13.1. The van der Waals surface area contributed by atoms with Crippen LogP contribution in [0.25, 0.3) is 11.0 Å². The molecule has 0 amide bonds. The second kappa shape index (κ2) is 5.38. The summed E-state index contributed by atoms with van der Waals surface area (Å²) in [5, 5.41) is 5.72. The Morgan fingerprint density at radius 3 is 3.16 bits per heavy atom. The Bertz CT molecular complexity index is 721. The van der Waals surface area contributed by atoms with Gasteiger partial charge in [-0.3, -0.25) is 0 Å². The molecule has 96 valence electrons. The molecule has 0 spiro atoms. The van der Waals surface area contributed by atoms with Crippen molar-refractivity contribution in [2.75, 3.05) is 6.54 Å². The summed E-state index contributed by atoms with van der Waals surface area (Å²) in [4.78, 5) is 16.4. The van der Waals surface area contributed by atoms with Crippen molar-refractivity contribution < 1.29 is 4.42 Å². The number of fused-ring (bicyclic) bond motifs is 1. The van der Waals surface area contributed by atoms with E-state index in [1.54, 1.807) is 12.1 Å². The van der Waals surface area contributed by atoms with Crippen molar-refractivity contribution in [3.8, 4) is 0 Å². The van der Waals surface area contributed by atoms with Crippen LogP contribution in [0.15, 0.2) is 49.8 Å². The molecule has 0 radical (unpaired) electrons. The minimum atomic E-state index is -0.0775. The van der Waals surface area contributed by atoms with Crippen molar-refractivity contribution in [1.82, 2.24) is 5.43 Å². The second-order valence-electron chi connectivity index (χ2n) is 3.92. The Balaban J connectivity index is 1.86. The van der Waals surface area contributed by atoms with Gasteiger partial charge in [-0.15, -0.1) is 0 Å². The Morgan fingerprint density at radius 2 is 2.32 bits per heavy atom. The SMILES string of the molecule is O=c1c(/C=N/NC2=NCC[Se]2)coc2ccccc12. The molecule has 1 N–H and O–H groups in total. The summed E-state index contributed by atoms with van der Waals surface area (Å²) in [6, 6.07) is 7.16. The number of hydrazone groups is 1. The van der Waals surface area contributed by atoms with Gasteiger partial charge in [0.15, 0.2) is 0 Å². The summed E-state index contributed by atoms with van der Waals surface area (Å²) in [5.41, 5.74) is 3.81. The molecule has 0 aliphatic carbocycles. The van der Waals surface area contributed by atoms with E-state index < -0.39 is 0 Å². The van der Waals surface area contributed by atoms with Crippen LogP contribution in [0, 0.1) is 0 Å². The molecule has 0 unspecified atom stereocenters. The van der Waals surface area contributed by atoms with E-state index in [0.717, 1.165) is 16.6 Å². The fraction of sp³-hybridized carbons (Fsp3) is 0.154. The van der Waals surface area contributed by atoms with Crippen molar-refractivity contribution in [3.63, 3.8) is 0 Å². The molecule has 0 saturated heterocycles. The number of hydrogen-bond donors (Lipinski definition) is 1. The summed E-state index contributed by atoms with van der Waals surface area (Å²) in [6.45, 7) is 0.871. The first-order valence-electron chi connectivity index (χ1n) is 5.81. The standard InChI is InChI=1S/C13H11N3O2Se/c17-12-9(7-15-16-13-14-5-6-19-13)8-18-11-4-2-1-3-10(11)12/h1-4,7-8H,5-6H2,(H,14,16)/b15-7+. The van der Waals surface area contributed by atoms with Gasteiger partial charge in [-0.1, -0.05) is 0 Å². The molecule has 1 aliphatic heterocycles. The quantitative estimate of drug-likeness (QED) is 0.514. The molecular formula is C13H11N3O2Se. The molecule has 2 heterocycles. The molecule has 0 fully saturated rings. The van der Waals surface area contributed by atoms with Crippen LogP contribution in [0.3, 0.4) is 0 Å². The maximum absolute atomic E-state index is 12.2. The molecule has 19 heavy (non-hydrogen) atoms. The van der Waals surface area contributed by atoms with Crippen molar-refractivity contribution in [3.05, 3.63) is 46.3 Å². The molecule has 0 saturated carbocycles. The molecule has 0 atom stereocenters. The zero-order valence-corrected chi connectivity index (χ0v) is 11.7. The summed E-state index contributed by atoms with van der Waals surface area (Å²) in [7, 11) is 0. The molecule has 3 rings (SSSR count). The van der Waals surface area contributed by atoms with Crippen LogP contribution in [0.4, 0.5) is 0 Å². The van der Waals surface area contributed by atoms with Crippen LogP contribution in [0.5, 0.6) is 0 Å². The monoisotopic (exact) mass is 321 g/mol. The van der Waals surface area contributed by atoms with Crippen LogP contribution in [0.1, 0.15) is 5.56 Å². The number of aliphatic imine (C=N–C) groups is 1. The van der Waals surface area contributed by atoms with Crippen LogP contribution in [0.2, 0.25) is 5.32 Å². The van der Waals surface area contributed by atoms with Gasteiger partial charge in [0.1, 0.15) is 0 Å². The van der Waals surface area contributed by atoms with Gasteiger partial charge >= 0.3 is 115 Å². The number of nitrogens with one attached hydrogen (secondary N) is 1. The van der Waals surface area contributed by atoms with Gasteiger partial charge in [-0.25, -0.2) is 0 Å². The van der Waals surface area contributed by atoms with Gasteiger partial charge in [0.2, 0.25) is 0 Å². The molecule has 6 heteroatoms. The fourth-order valence-electron chi connectivity index (χ4n) is 1.74. The predicted molar refractivity (Wildman–Crippen MR) is 76.1 cm³/mol. The van der Waals surface area contributed by atoms with Gasteiger partial charge in [0.05, 0.1) is 0 Å². The zero-order valence-electron chi connectivity index (χ0n) is 10.00. The van der Waals surface area contributed by atoms with Gasteiger partial charge in [0, 0.05) is 0 Å². The van der Waals surface area contributed by atoms with Gasteiger partial charge < -0.3 is 0 Å². The van der Waals surface area contributed by atoms with Gasteiger partial charge in [0.25, 0.3) is 0 Å². The van der Waals surface area contributed by atoms with Gasteiger partial charge in [-0.2, -0.15) is 0 Å². The van der Waals surface area contributed by atoms with Crippen molar-refractivity contribution >= 4 is 36.9 Å². The third-order valence-corrected chi connectivity index (χ3v) is 4.50. The third kappa shape index (κ3) is 2.59. The van der Waals surface area contributed by atoms with E-state index in [-0.39, 0.29) is 5.43 Å². The van der Waals surface area contributed by atoms with E-state index >= 15 is 0 Å². The normalized spacial score (nSPS) is 15.1. The van der Waals surface area contributed by atoms with Crippen molar-refractivity contribution in [2.24, 2.45) is 10.1 Å². The number of rotatable bonds is 2. The number of nitrogens with zero attached hydrogens (tertiary/aromatic N) is 2. The van der Waals surface area contributed by atoms with Crippen molar-refractivity contribution in [2.45, 2.75) is 5.32 Å².